The molecule has 0 aliphatic heterocycles. The van der Waals surface area contributed by atoms with Crippen LogP contribution in [0.4, 0.5) is 0 Å². The Labute approximate surface area is 295 Å². The smallest absolute Gasteiger partial charge is 0.119 e. The number of hydrogen-bond acceptors (Lipinski definition) is 3. The van der Waals surface area contributed by atoms with Crippen LogP contribution < -0.4 is 0 Å². The standard InChI is InChI=1S/C44H26BrN3S/c45-38-23-22-31(43-44(38)47-49-46-43)29-19-24-40-36(25-29)32-15-9-10-18-39(32)48(40)30-20-21-35-37(26-30)42(28-13-5-2-6-14-28)34-17-8-7-16-33(34)41(35)27-11-3-1-4-12-27/h1-26H. The molecule has 0 saturated carbocycles. The Bertz CT molecular complexity index is 2890. The molecular weight excluding hydrogens is 682 g/mol. The van der Waals surface area contributed by atoms with Gasteiger partial charge in [0, 0.05) is 26.5 Å². The summed E-state index contributed by atoms with van der Waals surface area (Å²) in [6, 6.07) is 57.2. The minimum atomic E-state index is 0.901. The highest BCUT2D eigenvalue weighted by Crippen LogP contribution is 2.45. The molecule has 0 unspecified atom stereocenters. The van der Waals surface area contributed by atoms with Crippen molar-refractivity contribution in [2.75, 3.05) is 0 Å². The first kappa shape index (κ1) is 28.4. The van der Waals surface area contributed by atoms with Crippen molar-refractivity contribution < 1.29 is 0 Å². The van der Waals surface area contributed by atoms with E-state index in [9.17, 15) is 0 Å². The summed E-state index contributed by atoms with van der Waals surface area (Å²) in [6.45, 7) is 0. The van der Waals surface area contributed by atoms with E-state index in [2.05, 4.69) is 187 Å². The van der Waals surface area contributed by atoms with Crippen LogP contribution in [0.2, 0.25) is 0 Å². The second kappa shape index (κ2) is 11.2. The van der Waals surface area contributed by atoms with Gasteiger partial charge in [-0.3, -0.25) is 0 Å². The lowest BCUT2D eigenvalue weighted by molar-refractivity contribution is 1.19. The van der Waals surface area contributed by atoms with Gasteiger partial charge in [-0.25, -0.2) is 0 Å². The van der Waals surface area contributed by atoms with Gasteiger partial charge in [0.1, 0.15) is 11.0 Å². The van der Waals surface area contributed by atoms with Crippen molar-refractivity contribution in [2.24, 2.45) is 0 Å². The monoisotopic (exact) mass is 707 g/mol. The Morgan fingerprint density at radius 2 is 1.02 bits per heavy atom. The molecule has 0 atom stereocenters. The van der Waals surface area contributed by atoms with Crippen LogP contribution >= 0.6 is 27.7 Å². The lowest BCUT2D eigenvalue weighted by Gasteiger charge is -2.19. The molecule has 0 aliphatic carbocycles. The summed E-state index contributed by atoms with van der Waals surface area (Å²) in [7, 11) is 0. The molecule has 0 bridgehead atoms. The maximum atomic E-state index is 4.66. The fourth-order valence-electron chi connectivity index (χ4n) is 7.63. The van der Waals surface area contributed by atoms with Crippen LogP contribution in [-0.2, 0) is 0 Å². The van der Waals surface area contributed by atoms with Crippen LogP contribution in [0.3, 0.4) is 0 Å². The molecule has 3 nitrogen and oxygen atoms in total. The molecule has 0 N–H and O–H groups in total. The molecule has 10 rings (SSSR count). The number of nitrogens with zero attached hydrogens (tertiary/aromatic N) is 3. The van der Waals surface area contributed by atoms with Crippen LogP contribution in [0.5, 0.6) is 0 Å². The highest BCUT2D eigenvalue weighted by Gasteiger charge is 2.20. The van der Waals surface area contributed by atoms with Crippen molar-refractivity contribution in [3.05, 3.63) is 162 Å². The van der Waals surface area contributed by atoms with Crippen LogP contribution in [0, 0.1) is 0 Å². The largest absolute Gasteiger partial charge is 0.309 e. The highest BCUT2D eigenvalue weighted by atomic mass is 79.9. The number of benzene rings is 8. The molecule has 2 aromatic heterocycles. The number of halogens is 1. The second-order valence-electron chi connectivity index (χ2n) is 12.4. The van der Waals surface area contributed by atoms with Crippen molar-refractivity contribution in [3.8, 4) is 39.1 Å². The molecule has 230 valence electrons. The predicted molar refractivity (Wildman–Crippen MR) is 211 cm³/mol. The molecule has 10 aromatic rings. The van der Waals surface area contributed by atoms with Crippen molar-refractivity contribution in [3.63, 3.8) is 0 Å². The number of hydrogen-bond donors (Lipinski definition) is 0. The van der Waals surface area contributed by atoms with E-state index in [0.29, 0.717) is 0 Å². The molecular formula is C44H26BrN3S. The predicted octanol–water partition coefficient (Wildman–Crippen LogP) is 12.9. The van der Waals surface area contributed by atoms with Crippen molar-refractivity contribution >= 4 is 82.0 Å². The molecule has 0 fully saturated rings. The summed E-state index contributed by atoms with van der Waals surface area (Å²) in [5.41, 5.74) is 12.5. The topological polar surface area (TPSA) is 30.7 Å². The zero-order valence-corrected chi connectivity index (χ0v) is 28.5. The van der Waals surface area contributed by atoms with Gasteiger partial charge >= 0.3 is 0 Å². The molecule has 0 radical (unpaired) electrons. The van der Waals surface area contributed by atoms with Gasteiger partial charge in [-0.1, -0.05) is 121 Å². The first-order chi connectivity index (χ1) is 24.2. The molecule has 8 aromatic carbocycles. The number of aromatic nitrogens is 3. The van der Waals surface area contributed by atoms with Crippen molar-refractivity contribution in [1.82, 2.24) is 13.3 Å². The average molecular weight is 709 g/mol. The van der Waals surface area contributed by atoms with E-state index in [-0.39, 0.29) is 0 Å². The fraction of sp³-hybridized carbons (Fsp3) is 0. The van der Waals surface area contributed by atoms with Gasteiger partial charge in [-0.05, 0) is 102 Å². The second-order valence-corrected chi connectivity index (χ2v) is 13.8. The fourth-order valence-corrected chi connectivity index (χ4v) is 8.72. The van der Waals surface area contributed by atoms with Gasteiger partial charge in [-0.2, -0.15) is 8.75 Å². The summed E-state index contributed by atoms with van der Waals surface area (Å²) in [5, 5.41) is 7.41. The summed E-state index contributed by atoms with van der Waals surface area (Å²) in [6.07, 6.45) is 0. The number of para-hydroxylation sites is 1. The molecule has 0 saturated heterocycles. The quantitative estimate of drug-likeness (QED) is 0.170. The van der Waals surface area contributed by atoms with E-state index in [1.807, 2.05) is 0 Å². The van der Waals surface area contributed by atoms with Crippen LogP contribution in [-0.4, -0.2) is 13.3 Å². The average Bonchev–Trinajstić information content (AvgIpc) is 3.79. The van der Waals surface area contributed by atoms with E-state index in [4.69, 9.17) is 0 Å². The summed E-state index contributed by atoms with van der Waals surface area (Å²) < 4.78 is 12.6. The lowest BCUT2D eigenvalue weighted by atomic mass is 9.86. The first-order valence-electron chi connectivity index (χ1n) is 16.3. The Morgan fingerprint density at radius 3 is 1.76 bits per heavy atom. The Balaban J connectivity index is 1.28. The lowest BCUT2D eigenvalue weighted by Crippen LogP contribution is -1.96. The van der Waals surface area contributed by atoms with E-state index >= 15 is 0 Å². The zero-order valence-electron chi connectivity index (χ0n) is 26.1. The Kier molecular flexibility index (Phi) is 6.51. The molecule has 0 aliphatic rings. The minimum Gasteiger partial charge on any atom is -0.309 e. The maximum Gasteiger partial charge on any atom is 0.119 e. The van der Waals surface area contributed by atoms with Crippen molar-refractivity contribution in [1.29, 1.82) is 0 Å². The SMILES string of the molecule is Brc1ccc(-c2ccc3c(c2)c2ccccc2n3-c2ccc3c(-c4ccccc4)c4ccccc4c(-c4ccccc4)c3c2)c2nsnc12. The van der Waals surface area contributed by atoms with E-state index in [1.165, 1.54) is 77.3 Å². The Hall–Kier alpha value is -5.62. The molecule has 0 amide bonds. The minimum absolute atomic E-state index is 0.901. The van der Waals surface area contributed by atoms with Gasteiger partial charge in [0.25, 0.3) is 0 Å². The van der Waals surface area contributed by atoms with Crippen LogP contribution in [0.15, 0.2) is 162 Å². The normalized spacial score (nSPS) is 11.8. The first-order valence-corrected chi connectivity index (χ1v) is 17.8. The van der Waals surface area contributed by atoms with Gasteiger partial charge < -0.3 is 4.57 Å². The third kappa shape index (κ3) is 4.40. The molecule has 2 heterocycles. The molecule has 0 spiro atoms. The van der Waals surface area contributed by atoms with E-state index in [1.54, 1.807) is 0 Å². The van der Waals surface area contributed by atoms with E-state index < -0.39 is 0 Å². The van der Waals surface area contributed by atoms with Gasteiger partial charge in [-0.15, -0.1) is 0 Å². The molecule has 49 heavy (non-hydrogen) atoms. The van der Waals surface area contributed by atoms with Crippen LogP contribution in [0.1, 0.15) is 0 Å². The van der Waals surface area contributed by atoms with Crippen molar-refractivity contribution in [2.45, 2.75) is 0 Å². The Morgan fingerprint density at radius 1 is 0.429 bits per heavy atom. The van der Waals surface area contributed by atoms with Gasteiger partial charge in [0.05, 0.1) is 22.8 Å². The number of fused-ring (bicyclic) bond motifs is 6. The zero-order chi connectivity index (χ0) is 32.5. The highest BCUT2D eigenvalue weighted by molar-refractivity contribution is 9.10. The summed E-state index contributed by atoms with van der Waals surface area (Å²) in [4.78, 5) is 0. The van der Waals surface area contributed by atoms with Gasteiger partial charge in [0.2, 0.25) is 0 Å². The van der Waals surface area contributed by atoms with E-state index in [0.717, 1.165) is 32.3 Å². The molecule has 5 heteroatoms. The van der Waals surface area contributed by atoms with Crippen LogP contribution in [0.25, 0.3) is 93.5 Å². The third-order valence-electron chi connectivity index (χ3n) is 9.74. The number of rotatable bonds is 4. The van der Waals surface area contributed by atoms with Gasteiger partial charge in [0.15, 0.2) is 0 Å². The summed E-state index contributed by atoms with van der Waals surface area (Å²) in [5.74, 6) is 0. The summed E-state index contributed by atoms with van der Waals surface area (Å²) >= 11 is 4.90. The maximum absolute atomic E-state index is 4.66. The third-order valence-corrected chi connectivity index (χ3v) is 10.9.